The largest absolute Gasteiger partial charge is 0.311 e. The molecule has 2 nitrogen and oxygen atoms in total. The Balaban J connectivity index is 2.15. The fourth-order valence-electron chi connectivity index (χ4n) is 1.23. The number of hydrogen-bond acceptors (Lipinski definition) is 2. The van der Waals surface area contributed by atoms with E-state index in [1.165, 1.54) is 19.3 Å². The van der Waals surface area contributed by atoms with E-state index in [1.807, 2.05) is 18.3 Å². The lowest BCUT2D eigenvalue weighted by Gasteiger charge is -2.03. The van der Waals surface area contributed by atoms with Gasteiger partial charge in [-0.15, -0.1) is 0 Å². The van der Waals surface area contributed by atoms with Gasteiger partial charge in [-0.3, -0.25) is 4.98 Å². The van der Waals surface area contributed by atoms with Crippen LogP contribution in [0.5, 0.6) is 0 Å². The fourth-order valence-corrected chi connectivity index (χ4v) is 1.46. The second kappa shape index (κ2) is 6.96. The third-order valence-corrected chi connectivity index (χ3v) is 2.52. The van der Waals surface area contributed by atoms with Crippen molar-refractivity contribution in [1.82, 2.24) is 10.3 Å². The predicted octanol–water partition coefficient (Wildman–Crippen LogP) is 3.12. The Morgan fingerprint density at radius 2 is 2.21 bits per heavy atom. The van der Waals surface area contributed by atoms with Crippen LogP contribution in [0.1, 0.15) is 31.9 Å². The van der Waals surface area contributed by atoms with Crippen LogP contribution in [0.15, 0.2) is 22.8 Å². The van der Waals surface area contributed by atoms with Gasteiger partial charge in [-0.2, -0.15) is 0 Å². The van der Waals surface area contributed by atoms with Crippen LogP contribution in [0.3, 0.4) is 0 Å². The number of aromatic nitrogens is 1. The number of nitrogens with one attached hydrogen (secondary N) is 1. The van der Waals surface area contributed by atoms with Gasteiger partial charge in [0, 0.05) is 17.2 Å². The van der Waals surface area contributed by atoms with E-state index in [4.69, 9.17) is 0 Å². The number of nitrogens with zero attached hydrogens (tertiary/aromatic N) is 1. The Morgan fingerprint density at radius 3 is 2.86 bits per heavy atom. The number of rotatable bonds is 6. The lowest BCUT2D eigenvalue weighted by atomic mass is 10.2. The molecule has 0 spiro atoms. The monoisotopic (exact) mass is 256 g/mol. The molecule has 14 heavy (non-hydrogen) atoms. The van der Waals surface area contributed by atoms with Crippen molar-refractivity contribution in [2.24, 2.45) is 0 Å². The molecule has 78 valence electrons. The van der Waals surface area contributed by atoms with E-state index in [1.54, 1.807) is 0 Å². The molecule has 1 rings (SSSR count). The van der Waals surface area contributed by atoms with E-state index in [0.717, 1.165) is 23.3 Å². The molecular weight excluding hydrogens is 240 g/mol. The lowest BCUT2D eigenvalue weighted by molar-refractivity contribution is 0.611. The first-order chi connectivity index (χ1) is 6.83. The SMILES string of the molecule is CCCCCNCc1ccc(Br)cn1. The Morgan fingerprint density at radius 1 is 1.36 bits per heavy atom. The van der Waals surface area contributed by atoms with Crippen LogP contribution in [-0.2, 0) is 6.54 Å². The van der Waals surface area contributed by atoms with Gasteiger partial charge in [0.05, 0.1) is 5.69 Å². The molecule has 0 aliphatic rings. The fraction of sp³-hybridized carbons (Fsp3) is 0.545. The Kier molecular flexibility index (Phi) is 5.80. The number of hydrogen-bond donors (Lipinski definition) is 1. The summed E-state index contributed by atoms with van der Waals surface area (Å²) in [6, 6.07) is 4.06. The summed E-state index contributed by atoms with van der Waals surface area (Å²) >= 11 is 3.36. The van der Waals surface area contributed by atoms with Crippen molar-refractivity contribution in [3.63, 3.8) is 0 Å². The van der Waals surface area contributed by atoms with E-state index in [2.05, 4.69) is 33.2 Å². The molecule has 0 saturated carbocycles. The molecule has 1 aromatic heterocycles. The summed E-state index contributed by atoms with van der Waals surface area (Å²) in [6.45, 7) is 4.18. The summed E-state index contributed by atoms with van der Waals surface area (Å²) in [6.07, 6.45) is 5.68. The standard InChI is InChI=1S/C11H17BrN2/c1-2-3-4-7-13-9-11-6-5-10(12)8-14-11/h5-6,8,13H,2-4,7,9H2,1H3. The van der Waals surface area contributed by atoms with Gasteiger partial charge in [0.15, 0.2) is 0 Å². The van der Waals surface area contributed by atoms with Gasteiger partial charge in [0.2, 0.25) is 0 Å². The highest BCUT2D eigenvalue weighted by Crippen LogP contribution is 2.06. The van der Waals surface area contributed by atoms with Gasteiger partial charge in [0.25, 0.3) is 0 Å². The van der Waals surface area contributed by atoms with Crippen LogP contribution < -0.4 is 5.32 Å². The first-order valence-corrected chi connectivity index (χ1v) is 5.93. The molecule has 0 fully saturated rings. The molecule has 1 heterocycles. The minimum absolute atomic E-state index is 0.872. The first kappa shape index (κ1) is 11.7. The zero-order valence-electron chi connectivity index (χ0n) is 8.59. The zero-order valence-corrected chi connectivity index (χ0v) is 10.2. The summed E-state index contributed by atoms with van der Waals surface area (Å²) < 4.78 is 1.03. The summed E-state index contributed by atoms with van der Waals surface area (Å²) in [5.74, 6) is 0. The van der Waals surface area contributed by atoms with Gasteiger partial charge in [0.1, 0.15) is 0 Å². The molecule has 0 unspecified atom stereocenters. The quantitative estimate of drug-likeness (QED) is 0.792. The van der Waals surface area contributed by atoms with Gasteiger partial charge in [-0.1, -0.05) is 19.8 Å². The molecule has 0 aliphatic carbocycles. The Bertz CT molecular complexity index is 246. The van der Waals surface area contributed by atoms with E-state index in [9.17, 15) is 0 Å². The van der Waals surface area contributed by atoms with Crippen molar-refractivity contribution in [3.05, 3.63) is 28.5 Å². The van der Waals surface area contributed by atoms with Gasteiger partial charge >= 0.3 is 0 Å². The van der Waals surface area contributed by atoms with Crippen LogP contribution in [0.2, 0.25) is 0 Å². The maximum atomic E-state index is 4.29. The summed E-state index contributed by atoms with van der Waals surface area (Å²) in [7, 11) is 0. The van der Waals surface area contributed by atoms with Crippen molar-refractivity contribution in [2.45, 2.75) is 32.7 Å². The maximum absolute atomic E-state index is 4.29. The van der Waals surface area contributed by atoms with Crippen molar-refractivity contribution in [2.75, 3.05) is 6.54 Å². The third-order valence-electron chi connectivity index (χ3n) is 2.05. The molecule has 3 heteroatoms. The highest BCUT2D eigenvalue weighted by atomic mass is 79.9. The van der Waals surface area contributed by atoms with E-state index in [-0.39, 0.29) is 0 Å². The Hall–Kier alpha value is -0.410. The van der Waals surface area contributed by atoms with Gasteiger partial charge in [-0.25, -0.2) is 0 Å². The molecular formula is C11H17BrN2. The average molecular weight is 257 g/mol. The molecule has 0 amide bonds. The first-order valence-electron chi connectivity index (χ1n) is 5.14. The average Bonchev–Trinajstić information content (AvgIpc) is 2.21. The van der Waals surface area contributed by atoms with Crippen LogP contribution in [-0.4, -0.2) is 11.5 Å². The molecule has 0 aliphatic heterocycles. The molecule has 0 saturated heterocycles. The minimum atomic E-state index is 0.872. The van der Waals surface area contributed by atoms with E-state index < -0.39 is 0 Å². The minimum Gasteiger partial charge on any atom is -0.311 e. The molecule has 1 N–H and O–H groups in total. The van der Waals surface area contributed by atoms with Crippen molar-refractivity contribution in [1.29, 1.82) is 0 Å². The molecule has 0 atom stereocenters. The van der Waals surface area contributed by atoms with E-state index >= 15 is 0 Å². The van der Waals surface area contributed by atoms with Crippen molar-refractivity contribution >= 4 is 15.9 Å². The number of unbranched alkanes of at least 4 members (excludes halogenated alkanes) is 2. The molecule has 0 bridgehead atoms. The summed E-state index contributed by atoms with van der Waals surface area (Å²) in [4.78, 5) is 4.29. The summed E-state index contributed by atoms with van der Waals surface area (Å²) in [5.41, 5.74) is 1.10. The Labute approximate surface area is 94.3 Å². The molecule has 0 radical (unpaired) electrons. The smallest absolute Gasteiger partial charge is 0.0542 e. The second-order valence-corrected chi connectivity index (χ2v) is 4.27. The van der Waals surface area contributed by atoms with Crippen LogP contribution >= 0.6 is 15.9 Å². The van der Waals surface area contributed by atoms with Gasteiger partial charge < -0.3 is 5.32 Å². The van der Waals surface area contributed by atoms with Crippen LogP contribution in [0.4, 0.5) is 0 Å². The van der Waals surface area contributed by atoms with E-state index in [0.29, 0.717) is 0 Å². The lowest BCUT2D eigenvalue weighted by Crippen LogP contribution is -2.15. The number of halogens is 1. The maximum Gasteiger partial charge on any atom is 0.0542 e. The van der Waals surface area contributed by atoms with Crippen molar-refractivity contribution < 1.29 is 0 Å². The topological polar surface area (TPSA) is 24.9 Å². The third kappa shape index (κ3) is 4.72. The van der Waals surface area contributed by atoms with Crippen LogP contribution in [0, 0.1) is 0 Å². The predicted molar refractivity (Wildman–Crippen MR) is 63.2 cm³/mol. The van der Waals surface area contributed by atoms with Gasteiger partial charge in [-0.05, 0) is 41.0 Å². The highest BCUT2D eigenvalue weighted by molar-refractivity contribution is 9.10. The summed E-state index contributed by atoms with van der Waals surface area (Å²) in [5, 5.41) is 3.38. The highest BCUT2D eigenvalue weighted by Gasteiger charge is 1.93. The number of pyridine rings is 1. The van der Waals surface area contributed by atoms with Crippen LogP contribution in [0.25, 0.3) is 0 Å². The molecule has 0 aromatic carbocycles. The molecule has 1 aromatic rings. The second-order valence-electron chi connectivity index (χ2n) is 3.35. The normalized spacial score (nSPS) is 10.4. The van der Waals surface area contributed by atoms with Crippen molar-refractivity contribution in [3.8, 4) is 0 Å². The zero-order chi connectivity index (χ0) is 10.2.